The van der Waals surface area contributed by atoms with Crippen LogP contribution in [0.2, 0.25) is 0 Å². The second-order valence-corrected chi connectivity index (χ2v) is 8.06. The molecule has 0 unspecified atom stereocenters. The van der Waals surface area contributed by atoms with Gasteiger partial charge in [0.25, 0.3) is 11.2 Å². The van der Waals surface area contributed by atoms with E-state index in [-0.39, 0.29) is 11.2 Å². The minimum Gasteiger partial charge on any atom is -0.457 e. The molecule has 0 atom stereocenters. The first-order valence-corrected chi connectivity index (χ1v) is 10.0. The molecule has 3 aromatic heterocycles. The van der Waals surface area contributed by atoms with Gasteiger partial charge in [-0.15, -0.1) is 0 Å². The Morgan fingerprint density at radius 3 is 2.77 bits per heavy atom. The van der Waals surface area contributed by atoms with Gasteiger partial charge in [-0.2, -0.15) is 0 Å². The quantitative estimate of drug-likeness (QED) is 0.323. The van der Waals surface area contributed by atoms with Crippen LogP contribution in [0.1, 0.15) is 16.9 Å². The van der Waals surface area contributed by atoms with E-state index in [2.05, 4.69) is 4.98 Å². The average Bonchev–Trinajstić information content (AvgIpc) is 3.39. The van der Waals surface area contributed by atoms with Crippen LogP contribution < -0.4 is 10.1 Å². The van der Waals surface area contributed by atoms with Gasteiger partial charge in [-0.1, -0.05) is 23.5 Å². The SMILES string of the molecule is Cc1cc(-c2ccc(/C=c3\sc4nc5ccccc5n4c3=O)o2)c(C)c([N+](=O)[O-])c1. The number of thiazole rings is 1. The summed E-state index contributed by atoms with van der Waals surface area (Å²) in [5, 5.41) is 11.3. The van der Waals surface area contributed by atoms with E-state index in [1.54, 1.807) is 42.5 Å². The number of benzene rings is 2. The number of aromatic nitrogens is 2. The Bertz CT molecular complexity index is 1580. The summed E-state index contributed by atoms with van der Waals surface area (Å²) in [6.07, 6.45) is 1.68. The number of nitro benzene ring substituents is 1. The first-order valence-electron chi connectivity index (χ1n) is 9.20. The van der Waals surface area contributed by atoms with Crippen molar-refractivity contribution in [1.82, 2.24) is 9.38 Å². The molecular weight excluding hydrogens is 402 g/mol. The fourth-order valence-corrected chi connectivity index (χ4v) is 4.57. The smallest absolute Gasteiger partial charge is 0.275 e. The predicted molar refractivity (Wildman–Crippen MR) is 116 cm³/mol. The van der Waals surface area contributed by atoms with Crippen molar-refractivity contribution in [3.05, 3.63) is 90.4 Å². The lowest BCUT2D eigenvalue weighted by Crippen LogP contribution is -2.22. The number of rotatable bonds is 3. The molecule has 0 saturated carbocycles. The predicted octanol–water partition coefficient (Wildman–Crippen LogP) is 4.24. The first kappa shape index (κ1) is 18.3. The molecule has 8 heteroatoms. The summed E-state index contributed by atoms with van der Waals surface area (Å²) in [4.78, 5) is 29.0. The van der Waals surface area contributed by atoms with Crippen LogP contribution in [-0.4, -0.2) is 14.3 Å². The Balaban J connectivity index is 1.62. The third-order valence-electron chi connectivity index (χ3n) is 5.03. The molecule has 148 valence electrons. The van der Waals surface area contributed by atoms with Gasteiger partial charge in [0.1, 0.15) is 16.1 Å². The summed E-state index contributed by atoms with van der Waals surface area (Å²) in [6.45, 7) is 3.51. The number of nitrogens with zero attached hydrogens (tertiary/aromatic N) is 3. The normalized spacial score (nSPS) is 12.3. The van der Waals surface area contributed by atoms with Crippen molar-refractivity contribution in [3.8, 4) is 11.3 Å². The van der Waals surface area contributed by atoms with Gasteiger partial charge in [-0.25, -0.2) is 9.38 Å². The van der Waals surface area contributed by atoms with Gasteiger partial charge in [0.05, 0.1) is 16.0 Å². The number of nitro groups is 1. The third-order valence-corrected chi connectivity index (χ3v) is 6.00. The molecule has 0 fully saturated rings. The van der Waals surface area contributed by atoms with Crippen LogP contribution in [0.4, 0.5) is 5.69 Å². The number of imidazole rings is 1. The zero-order valence-corrected chi connectivity index (χ0v) is 16.9. The second kappa shape index (κ2) is 6.64. The van der Waals surface area contributed by atoms with Crippen LogP contribution in [-0.2, 0) is 0 Å². The molecule has 0 aliphatic rings. The van der Waals surface area contributed by atoms with Gasteiger partial charge in [0, 0.05) is 23.3 Å². The van der Waals surface area contributed by atoms with E-state index in [1.165, 1.54) is 11.3 Å². The van der Waals surface area contributed by atoms with Crippen LogP contribution in [0.5, 0.6) is 0 Å². The monoisotopic (exact) mass is 417 g/mol. The molecule has 0 N–H and O–H groups in total. The molecule has 0 radical (unpaired) electrons. The third kappa shape index (κ3) is 2.81. The summed E-state index contributed by atoms with van der Waals surface area (Å²) in [5.41, 5.74) is 3.44. The maximum absolute atomic E-state index is 12.9. The van der Waals surface area contributed by atoms with Gasteiger partial charge in [0.2, 0.25) is 0 Å². The van der Waals surface area contributed by atoms with Gasteiger partial charge in [-0.05, 0) is 49.7 Å². The number of para-hydroxylation sites is 2. The number of furan rings is 1. The van der Waals surface area contributed by atoms with Crippen molar-refractivity contribution in [1.29, 1.82) is 0 Å². The zero-order valence-electron chi connectivity index (χ0n) is 16.1. The highest BCUT2D eigenvalue weighted by molar-refractivity contribution is 7.15. The molecule has 5 aromatic rings. The lowest BCUT2D eigenvalue weighted by Gasteiger charge is -2.05. The van der Waals surface area contributed by atoms with E-state index in [1.807, 2.05) is 30.3 Å². The molecule has 0 aliphatic heterocycles. The molecule has 0 spiro atoms. The molecule has 0 aliphatic carbocycles. The molecule has 0 bridgehead atoms. The molecule has 30 heavy (non-hydrogen) atoms. The fraction of sp³-hybridized carbons (Fsp3) is 0.0909. The first-order chi connectivity index (χ1) is 14.4. The van der Waals surface area contributed by atoms with Gasteiger partial charge in [0.15, 0.2) is 4.96 Å². The average molecular weight is 417 g/mol. The van der Waals surface area contributed by atoms with Gasteiger partial charge in [-0.3, -0.25) is 14.9 Å². The van der Waals surface area contributed by atoms with Crippen molar-refractivity contribution in [2.75, 3.05) is 0 Å². The van der Waals surface area contributed by atoms with Crippen LogP contribution >= 0.6 is 11.3 Å². The van der Waals surface area contributed by atoms with Crippen LogP contribution in [0.25, 0.3) is 33.4 Å². The molecule has 5 rings (SSSR count). The Labute approximate surface area is 173 Å². The number of aryl methyl sites for hydroxylation is 1. The van der Waals surface area contributed by atoms with Crippen molar-refractivity contribution in [2.45, 2.75) is 13.8 Å². The Morgan fingerprint density at radius 2 is 1.97 bits per heavy atom. The van der Waals surface area contributed by atoms with Crippen molar-refractivity contribution < 1.29 is 9.34 Å². The lowest BCUT2D eigenvalue weighted by atomic mass is 10.0. The maximum atomic E-state index is 12.9. The molecular formula is C22H15N3O4S. The fourth-order valence-electron chi connectivity index (χ4n) is 3.60. The highest BCUT2D eigenvalue weighted by atomic mass is 32.1. The van der Waals surface area contributed by atoms with E-state index in [9.17, 15) is 14.9 Å². The van der Waals surface area contributed by atoms with E-state index in [0.29, 0.717) is 32.1 Å². The van der Waals surface area contributed by atoms with Gasteiger partial charge < -0.3 is 4.42 Å². The Morgan fingerprint density at radius 1 is 1.17 bits per heavy atom. The lowest BCUT2D eigenvalue weighted by molar-refractivity contribution is -0.385. The Hall–Kier alpha value is -3.78. The minimum atomic E-state index is -0.392. The molecule has 2 aromatic carbocycles. The highest BCUT2D eigenvalue weighted by Gasteiger charge is 2.18. The van der Waals surface area contributed by atoms with Crippen LogP contribution in [0.15, 0.2) is 57.7 Å². The topological polar surface area (TPSA) is 90.7 Å². The van der Waals surface area contributed by atoms with E-state index in [0.717, 1.165) is 16.6 Å². The number of hydrogen-bond donors (Lipinski definition) is 0. The summed E-state index contributed by atoms with van der Waals surface area (Å²) >= 11 is 1.30. The van der Waals surface area contributed by atoms with Gasteiger partial charge >= 0.3 is 0 Å². The van der Waals surface area contributed by atoms with Crippen molar-refractivity contribution >= 4 is 39.1 Å². The second-order valence-electron chi connectivity index (χ2n) is 7.05. The van der Waals surface area contributed by atoms with E-state index in [4.69, 9.17) is 4.42 Å². The van der Waals surface area contributed by atoms with Crippen molar-refractivity contribution in [2.24, 2.45) is 0 Å². The maximum Gasteiger partial charge on any atom is 0.275 e. The largest absolute Gasteiger partial charge is 0.457 e. The molecule has 0 amide bonds. The summed E-state index contributed by atoms with van der Waals surface area (Å²) in [6, 6.07) is 14.4. The standard InChI is InChI=1S/C22H15N3O4S/c1-12-9-15(13(2)18(10-12)25(27)28)19-8-7-14(29-19)11-20-21(26)24-17-6-4-3-5-16(17)23-22(24)30-20/h3-11H,1-2H3/b20-11-. The molecule has 0 saturated heterocycles. The van der Waals surface area contributed by atoms with E-state index >= 15 is 0 Å². The van der Waals surface area contributed by atoms with Crippen LogP contribution in [0.3, 0.4) is 0 Å². The molecule has 3 heterocycles. The van der Waals surface area contributed by atoms with E-state index < -0.39 is 4.92 Å². The molecule has 7 nitrogen and oxygen atoms in total. The highest BCUT2D eigenvalue weighted by Crippen LogP contribution is 2.32. The van der Waals surface area contributed by atoms with Crippen molar-refractivity contribution in [3.63, 3.8) is 0 Å². The summed E-state index contributed by atoms with van der Waals surface area (Å²) in [7, 11) is 0. The van der Waals surface area contributed by atoms with Crippen LogP contribution in [0, 0.1) is 24.0 Å². The minimum absolute atomic E-state index is 0.0557. The number of fused-ring (bicyclic) bond motifs is 3. The zero-order chi connectivity index (χ0) is 21.0. The number of hydrogen-bond acceptors (Lipinski definition) is 6. The summed E-state index contributed by atoms with van der Waals surface area (Å²) < 4.78 is 8.03. The summed E-state index contributed by atoms with van der Waals surface area (Å²) in [5.74, 6) is 1.02. The Kier molecular flexibility index (Phi) is 4.04.